The number of hydrogen-bond donors (Lipinski definition) is 1. The standard InChI is InChI=1S/C25H31ClN3O3P/c1-16-13-18(11-12-32-16)29-22(30)15-25(2,28-24(29)27)21-10-6-9-20(23(21)26)17-7-5-8-19(14-17)33(3,4)31/h5-10,14,16,18H,11-13,15H2,1-4H3,(H2,27,28)/t16-,18-,25-/m0/s1. The second-order valence-corrected chi connectivity index (χ2v) is 13.2. The van der Waals surface area contributed by atoms with Crippen LogP contribution in [0.25, 0.3) is 11.1 Å². The Labute approximate surface area is 200 Å². The lowest BCUT2D eigenvalue weighted by atomic mass is 9.85. The van der Waals surface area contributed by atoms with Gasteiger partial charge < -0.3 is 15.0 Å². The second-order valence-electron chi connectivity index (χ2n) is 9.61. The number of rotatable bonds is 4. The van der Waals surface area contributed by atoms with Crippen molar-refractivity contribution >= 4 is 35.9 Å². The number of hydrogen-bond acceptors (Lipinski definition) is 5. The van der Waals surface area contributed by atoms with Gasteiger partial charge in [0.05, 0.1) is 23.1 Å². The van der Waals surface area contributed by atoms with E-state index in [0.29, 0.717) is 11.6 Å². The molecule has 6 nitrogen and oxygen atoms in total. The number of carbonyl (C=O) groups excluding carboxylic acids is 1. The van der Waals surface area contributed by atoms with Crippen LogP contribution in [0.2, 0.25) is 5.02 Å². The predicted octanol–water partition coefficient (Wildman–Crippen LogP) is 4.58. The first kappa shape index (κ1) is 24.0. The highest BCUT2D eigenvalue weighted by Gasteiger charge is 2.42. The molecule has 0 aromatic heterocycles. The minimum absolute atomic E-state index is 0.00197. The fourth-order valence-electron chi connectivity index (χ4n) is 4.79. The maximum absolute atomic E-state index is 13.3. The van der Waals surface area contributed by atoms with Gasteiger partial charge in [0.15, 0.2) is 5.96 Å². The van der Waals surface area contributed by atoms with Gasteiger partial charge in [-0.25, -0.2) is 4.99 Å². The number of guanidine groups is 1. The molecule has 0 aliphatic carbocycles. The minimum atomic E-state index is -2.41. The molecule has 1 saturated heterocycles. The Hall–Kier alpha value is -2.14. The number of aliphatic imine (C=N–C) groups is 1. The molecule has 33 heavy (non-hydrogen) atoms. The maximum Gasteiger partial charge on any atom is 0.232 e. The van der Waals surface area contributed by atoms with Crippen LogP contribution >= 0.6 is 18.7 Å². The van der Waals surface area contributed by atoms with Crippen LogP contribution in [0, 0.1) is 0 Å². The van der Waals surface area contributed by atoms with Crippen molar-refractivity contribution < 1.29 is 14.1 Å². The SMILES string of the molecule is C[C@H]1C[C@@H](N2C(=O)C[C@@](C)(c3cccc(-c4cccc(P(C)(C)=O)c4)c3Cl)N=C2N)CCO1. The minimum Gasteiger partial charge on any atom is -0.378 e. The lowest BCUT2D eigenvalue weighted by Crippen LogP contribution is -2.56. The van der Waals surface area contributed by atoms with Crippen molar-refractivity contribution in [3.05, 3.63) is 53.1 Å². The van der Waals surface area contributed by atoms with Gasteiger partial charge in [0, 0.05) is 23.5 Å². The van der Waals surface area contributed by atoms with E-state index in [4.69, 9.17) is 27.1 Å². The first-order chi connectivity index (χ1) is 15.5. The van der Waals surface area contributed by atoms with Crippen molar-refractivity contribution in [1.82, 2.24) is 4.90 Å². The molecule has 2 heterocycles. The Morgan fingerprint density at radius 2 is 1.97 bits per heavy atom. The third kappa shape index (κ3) is 4.75. The summed E-state index contributed by atoms with van der Waals surface area (Å²) in [5.74, 6) is 0.180. The Morgan fingerprint density at radius 3 is 2.64 bits per heavy atom. The van der Waals surface area contributed by atoms with Gasteiger partial charge in [0.25, 0.3) is 0 Å². The zero-order chi connectivity index (χ0) is 24.0. The molecular weight excluding hydrogens is 457 g/mol. The Balaban J connectivity index is 1.72. The topological polar surface area (TPSA) is 85.0 Å². The highest BCUT2D eigenvalue weighted by molar-refractivity contribution is 7.70. The van der Waals surface area contributed by atoms with E-state index >= 15 is 0 Å². The summed E-state index contributed by atoms with van der Waals surface area (Å²) in [5.41, 5.74) is 7.94. The molecule has 3 atom stereocenters. The lowest BCUT2D eigenvalue weighted by molar-refractivity contribution is -0.133. The van der Waals surface area contributed by atoms with Gasteiger partial charge in [-0.2, -0.15) is 0 Å². The molecule has 2 N–H and O–H groups in total. The fraction of sp³-hybridized carbons (Fsp3) is 0.440. The molecule has 176 valence electrons. The number of halogens is 1. The third-order valence-corrected chi connectivity index (χ3v) is 8.48. The summed E-state index contributed by atoms with van der Waals surface area (Å²) in [5, 5.41) is 1.32. The van der Waals surface area contributed by atoms with Gasteiger partial charge in [0.1, 0.15) is 7.14 Å². The average molecular weight is 488 g/mol. The number of amides is 1. The predicted molar refractivity (Wildman–Crippen MR) is 135 cm³/mol. The van der Waals surface area contributed by atoms with E-state index in [2.05, 4.69) is 0 Å². The van der Waals surface area contributed by atoms with E-state index in [0.717, 1.165) is 34.8 Å². The zero-order valence-corrected chi connectivity index (χ0v) is 21.2. The van der Waals surface area contributed by atoms with Crippen LogP contribution in [0.1, 0.15) is 38.7 Å². The van der Waals surface area contributed by atoms with E-state index in [1.807, 2.05) is 56.3 Å². The first-order valence-electron chi connectivity index (χ1n) is 11.2. The third-order valence-electron chi connectivity index (χ3n) is 6.55. The van der Waals surface area contributed by atoms with Gasteiger partial charge in [-0.3, -0.25) is 9.69 Å². The molecule has 2 aliphatic rings. The van der Waals surface area contributed by atoms with Gasteiger partial charge in [0.2, 0.25) is 5.91 Å². The zero-order valence-electron chi connectivity index (χ0n) is 19.5. The summed E-state index contributed by atoms with van der Waals surface area (Å²) in [6, 6.07) is 13.4. The van der Waals surface area contributed by atoms with Crippen LogP contribution in [0.15, 0.2) is 47.5 Å². The maximum atomic E-state index is 13.3. The van der Waals surface area contributed by atoms with E-state index in [1.165, 1.54) is 0 Å². The van der Waals surface area contributed by atoms with Crippen molar-refractivity contribution in [1.29, 1.82) is 0 Å². The van der Waals surface area contributed by atoms with Gasteiger partial charge in [-0.1, -0.05) is 48.0 Å². The summed E-state index contributed by atoms with van der Waals surface area (Å²) in [6.45, 7) is 8.02. The summed E-state index contributed by atoms with van der Waals surface area (Å²) < 4.78 is 18.2. The van der Waals surface area contributed by atoms with E-state index in [9.17, 15) is 9.36 Å². The number of nitrogens with two attached hydrogens (primary N) is 1. The fourth-order valence-corrected chi connectivity index (χ4v) is 6.12. The van der Waals surface area contributed by atoms with Crippen molar-refractivity contribution in [2.24, 2.45) is 10.7 Å². The van der Waals surface area contributed by atoms with E-state index in [1.54, 1.807) is 18.2 Å². The van der Waals surface area contributed by atoms with Crippen molar-refractivity contribution in [2.45, 2.75) is 50.8 Å². The molecule has 0 radical (unpaired) electrons. The Morgan fingerprint density at radius 1 is 1.24 bits per heavy atom. The van der Waals surface area contributed by atoms with Gasteiger partial charge in [-0.05, 0) is 57.2 Å². The summed E-state index contributed by atoms with van der Waals surface area (Å²) in [4.78, 5) is 19.7. The molecule has 0 unspecified atom stereocenters. The summed E-state index contributed by atoms with van der Waals surface area (Å²) in [6.07, 6.45) is 1.75. The molecule has 0 bridgehead atoms. The molecule has 0 spiro atoms. The summed E-state index contributed by atoms with van der Waals surface area (Å²) >= 11 is 6.91. The normalized spacial score (nSPS) is 26.3. The molecule has 4 rings (SSSR count). The summed E-state index contributed by atoms with van der Waals surface area (Å²) in [7, 11) is -2.41. The number of carbonyl (C=O) groups is 1. The molecule has 1 amide bonds. The van der Waals surface area contributed by atoms with Crippen molar-refractivity contribution in [3.63, 3.8) is 0 Å². The van der Waals surface area contributed by atoms with Crippen molar-refractivity contribution in [2.75, 3.05) is 19.9 Å². The van der Waals surface area contributed by atoms with Gasteiger partial charge >= 0.3 is 0 Å². The molecule has 1 fully saturated rings. The molecule has 0 saturated carbocycles. The Kier molecular flexibility index (Phi) is 6.47. The monoisotopic (exact) mass is 487 g/mol. The average Bonchev–Trinajstić information content (AvgIpc) is 2.73. The second kappa shape index (κ2) is 8.90. The van der Waals surface area contributed by atoms with E-state index < -0.39 is 12.7 Å². The van der Waals surface area contributed by atoms with Crippen LogP contribution in [0.5, 0.6) is 0 Å². The molecule has 2 aromatic rings. The van der Waals surface area contributed by atoms with Crippen LogP contribution < -0.4 is 11.0 Å². The number of ether oxygens (including phenoxy) is 1. The largest absolute Gasteiger partial charge is 0.378 e. The van der Waals surface area contributed by atoms with Crippen LogP contribution in [0.4, 0.5) is 0 Å². The smallest absolute Gasteiger partial charge is 0.232 e. The number of benzene rings is 2. The van der Waals surface area contributed by atoms with Crippen molar-refractivity contribution in [3.8, 4) is 11.1 Å². The lowest BCUT2D eigenvalue weighted by Gasteiger charge is -2.41. The highest BCUT2D eigenvalue weighted by Crippen LogP contribution is 2.43. The highest BCUT2D eigenvalue weighted by atomic mass is 35.5. The molecule has 8 heteroatoms. The molecular formula is C25H31ClN3O3P. The number of nitrogens with zero attached hydrogens (tertiary/aromatic N) is 2. The van der Waals surface area contributed by atoms with E-state index in [-0.39, 0.29) is 30.4 Å². The van der Waals surface area contributed by atoms with Crippen LogP contribution in [0.3, 0.4) is 0 Å². The van der Waals surface area contributed by atoms with Crippen LogP contribution in [-0.4, -0.2) is 48.8 Å². The molecule has 2 aromatic carbocycles. The Bertz CT molecular complexity index is 1160. The van der Waals surface area contributed by atoms with Gasteiger partial charge in [-0.15, -0.1) is 0 Å². The van der Waals surface area contributed by atoms with Crippen LogP contribution in [-0.2, 0) is 19.6 Å². The molecule has 2 aliphatic heterocycles. The quantitative estimate of drug-likeness (QED) is 0.639. The first-order valence-corrected chi connectivity index (χ1v) is 14.2.